The van der Waals surface area contributed by atoms with Crippen LogP contribution in [0.3, 0.4) is 0 Å². The van der Waals surface area contributed by atoms with Crippen LogP contribution in [0, 0.1) is 0 Å². The van der Waals surface area contributed by atoms with Gasteiger partial charge in [-0.05, 0) is 47.0 Å². The minimum Gasteiger partial charge on any atom is -0.486 e. The molecule has 0 bridgehead atoms. The first kappa shape index (κ1) is 17.5. The maximum Gasteiger partial charge on any atom is 0.178 e. The Bertz CT molecular complexity index is 955. The zero-order chi connectivity index (χ0) is 18.0. The van der Waals surface area contributed by atoms with E-state index in [1.54, 1.807) is 42.5 Å². The van der Waals surface area contributed by atoms with E-state index in [1.807, 2.05) is 12.1 Å². The lowest BCUT2D eigenvalue weighted by Crippen LogP contribution is -2.11. The fourth-order valence-electron chi connectivity index (χ4n) is 2.68. The van der Waals surface area contributed by atoms with E-state index in [9.17, 15) is 13.2 Å². The van der Waals surface area contributed by atoms with Gasteiger partial charge < -0.3 is 4.74 Å². The smallest absolute Gasteiger partial charge is 0.178 e. The van der Waals surface area contributed by atoms with Crippen LogP contribution in [0.25, 0.3) is 5.57 Å². The first-order valence-corrected chi connectivity index (χ1v) is 9.75. The topological polar surface area (TPSA) is 60.4 Å². The molecule has 2 aromatic carbocycles. The minimum absolute atomic E-state index is 0.238. The number of ether oxygens (including phenoxy) is 1. The van der Waals surface area contributed by atoms with Crippen molar-refractivity contribution in [3.63, 3.8) is 0 Å². The Morgan fingerprint density at radius 2 is 1.60 bits per heavy atom. The molecule has 0 fully saturated rings. The molecule has 4 nitrogen and oxygen atoms in total. The summed E-state index contributed by atoms with van der Waals surface area (Å²) in [7, 11) is -3.28. The van der Waals surface area contributed by atoms with Gasteiger partial charge in [-0.3, -0.25) is 4.79 Å². The summed E-state index contributed by atoms with van der Waals surface area (Å²) in [6.45, 7) is 0. The molecule has 1 aliphatic heterocycles. The third kappa shape index (κ3) is 3.67. The van der Waals surface area contributed by atoms with Gasteiger partial charge >= 0.3 is 0 Å². The average Bonchev–Trinajstić information content (AvgIpc) is 3.05. The molecule has 1 aliphatic rings. The van der Waals surface area contributed by atoms with Crippen LogP contribution in [0.15, 0.2) is 71.3 Å². The van der Waals surface area contributed by atoms with Gasteiger partial charge in [0.15, 0.2) is 22.2 Å². The van der Waals surface area contributed by atoms with Gasteiger partial charge in [0.05, 0.1) is 11.2 Å². The normalized spacial score (nSPS) is 18.7. The predicted octanol–water partition coefficient (Wildman–Crippen LogP) is 3.66. The van der Waals surface area contributed by atoms with Crippen LogP contribution in [0.2, 0.25) is 5.02 Å². The lowest BCUT2D eigenvalue weighted by atomic mass is 9.91. The first-order valence-electron chi connectivity index (χ1n) is 7.48. The summed E-state index contributed by atoms with van der Waals surface area (Å²) in [6.07, 6.45) is 4.43. The van der Waals surface area contributed by atoms with Crippen LogP contribution in [-0.2, 0) is 19.4 Å². The molecular weight excluding hydrogens is 360 g/mol. The Labute approximate surface area is 151 Å². The molecule has 25 heavy (non-hydrogen) atoms. The largest absolute Gasteiger partial charge is 0.486 e. The molecule has 0 amide bonds. The molecule has 0 radical (unpaired) electrons. The van der Waals surface area contributed by atoms with Crippen molar-refractivity contribution < 1.29 is 17.9 Å². The molecular formula is C19H15ClO4S. The van der Waals surface area contributed by atoms with Gasteiger partial charge in [-0.25, -0.2) is 8.42 Å². The van der Waals surface area contributed by atoms with Gasteiger partial charge in [0, 0.05) is 16.9 Å². The number of carbonyl (C=O) groups is 1. The molecule has 0 saturated carbocycles. The van der Waals surface area contributed by atoms with Crippen LogP contribution >= 0.6 is 11.6 Å². The van der Waals surface area contributed by atoms with Crippen molar-refractivity contribution in [2.45, 2.75) is 11.0 Å². The van der Waals surface area contributed by atoms with Gasteiger partial charge in [-0.15, -0.1) is 0 Å². The van der Waals surface area contributed by atoms with Crippen molar-refractivity contribution in [2.75, 3.05) is 6.26 Å². The van der Waals surface area contributed by atoms with Crippen LogP contribution < -0.4 is 0 Å². The second-order valence-corrected chi connectivity index (χ2v) is 8.08. The fraction of sp³-hybridized carbons (Fsp3) is 0.105. The number of hydrogen-bond acceptors (Lipinski definition) is 4. The van der Waals surface area contributed by atoms with Gasteiger partial charge in [-0.2, -0.15) is 0 Å². The summed E-state index contributed by atoms with van der Waals surface area (Å²) >= 11 is 5.97. The highest BCUT2D eigenvalue weighted by Gasteiger charge is 2.23. The predicted molar refractivity (Wildman–Crippen MR) is 97.1 cm³/mol. The summed E-state index contributed by atoms with van der Waals surface area (Å²) in [5, 5.41) is 0.602. The summed E-state index contributed by atoms with van der Waals surface area (Å²) < 4.78 is 28.7. The lowest BCUT2D eigenvalue weighted by molar-refractivity contribution is -0.113. The summed E-state index contributed by atoms with van der Waals surface area (Å²) in [6, 6.07) is 13.8. The van der Waals surface area contributed by atoms with E-state index in [0.717, 1.165) is 29.2 Å². The number of sulfone groups is 1. The number of hydrogen-bond donors (Lipinski definition) is 0. The van der Waals surface area contributed by atoms with Crippen LogP contribution in [-0.4, -0.2) is 27.1 Å². The Balaban J connectivity index is 2.18. The van der Waals surface area contributed by atoms with E-state index in [-0.39, 0.29) is 4.90 Å². The third-order valence-corrected chi connectivity index (χ3v) is 5.28. The highest BCUT2D eigenvalue weighted by atomic mass is 35.5. The lowest BCUT2D eigenvalue weighted by Gasteiger charge is -2.15. The highest BCUT2D eigenvalue weighted by molar-refractivity contribution is 7.90. The molecule has 1 atom stereocenters. The van der Waals surface area contributed by atoms with E-state index in [2.05, 4.69) is 0 Å². The average molecular weight is 375 g/mol. The molecule has 128 valence electrons. The zero-order valence-corrected chi connectivity index (χ0v) is 14.9. The molecule has 3 rings (SSSR count). The van der Waals surface area contributed by atoms with E-state index in [1.165, 1.54) is 6.26 Å². The molecule has 2 aromatic rings. The fourth-order valence-corrected chi connectivity index (χ4v) is 3.44. The molecule has 0 aromatic heterocycles. The van der Waals surface area contributed by atoms with E-state index < -0.39 is 15.9 Å². The molecule has 6 heteroatoms. The maximum atomic E-state index is 11.7. The molecule has 0 aliphatic carbocycles. The van der Waals surface area contributed by atoms with Gasteiger partial charge in [-0.1, -0.05) is 35.9 Å². The molecule has 1 heterocycles. The monoisotopic (exact) mass is 374 g/mol. The minimum atomic E-state index is -3.28. The summed E-state index contributed by atoms with van der Waals surface area (Å²) in [5.74, 6) is 0. The van der Waals surface area contributed by atoms with E-state index >= 15 is 0 Å². The highest BCUT2D eigenvalue weighted by Crippen LogP contribution is 2.33. The van der Waals surface area contributed by atoms with Crippen molar-refractivity contribution in [1.82, 2.24) is 0 Å². The van der Waals surface area contributed by atoms with Gasteiger partial charge in [0.2, 0.25) is 0 Å². The molecule has 1 unspecified atom stereocenters. The van der Waals surface area contributed by atoms with E-state index in [0.29, 0.717) is 10.6 Å². The van der Waals surface area contributed by atoms with Crippen molar-refractivity contribution in [1.29, 1.82) is 0 Å². The molecule has 0 spiro atoms. The SMILES string of the molecule is CS(=O)(=O)c1ccc(/C(=C2\C=COC2C=O)c2ccc(Cl)cc2)cc1. The maximum absolute atomic E-state index is 11.7. The number of halogens is 1. The number of aldehydes is 1. The summed E-state index contributed by atoms with van der Waals surface area (Å²) in [5.41, 5.74) is 3.15. The van der Waals surface area contributed by atoms with Crippen LogP contribution in [0.1, 0.15) is 11.1 Å². The van der Waals surface area contributed by atoms with Crippen LogP contribution in [0.4, 0.5) is 0 Å². The third-order valence-electron chi connectivity index (χ3n) is 3.90. The summed E-state index contributed by atoms with van der Waals surface area (Å²) in [4.78, 5) is 11.6. The molecule has 0 N–H and O–H groups in total. The Hall–Kier alpha value is -2.37. The van der Waals surface area contributed by atoms with Gasteiger partial charge in [0.1, 0.15) is 0 Å². The van der Waals surface area contributed by atoms with Gasteiger partial charge in [0.25, 0.3) is 0 Å². The first-order chi connectivity index (χ1) is 11.9. The number of rotatable bonds is 4. The Kier molecular flexibility index (Phi) is 4.79. The van der Waals surface area contributed by atoms with Crippen LogP contribution in [0.5, 0.6) is 0 Å². The number of benzene rings is 2. The van der Waals surface area contributed by atoms with Crippen molar-refractivity contribution >= 4 is 33.3 Å². The van der Waals surface area contributed by atoms with Crippen molar-refractivity contribution in [2.24, 2.45) is 0 Å². The number of carbonyl (C=O) groups excluding carboxylic acids is 1. The second kappa shape index (κ2) is 6.86. The standard InChI is InChI=1S/C19H15ClO4S/c1-25(22,23)16-8-4-14(5-9-16)19(13-2-6-15(20)7-3-13)17-10-11-24-18(17)12-21/h2-12,18H,1H3/b19-17+. The van der Waals surface area contributed by atoms with E-state index in [4.69, 9.17) is 16.3 Å². The zero-order valence-electron chi connectivity index (χ0n) is 13.3. The van der Waals surface area contributed by atoms with Crippen molar-refractivity contribution in [3.05, 3.63) is 82.6 Å². The Morgan fingerprint density at radius 3 is 2.12 bits per heavy atom. The Morgan fingerprint density at radius 1 is 1.04 bits per heavy atom. The second-order valence-electron chi connectivity index (χ2n) is 5.63. The molecule has 0 saturated heterocycles. The van der Waals surface area contributed by atoms with Crippen molar-refractivity contribution in [3.8, 4) is 0 Å². The quantitative estimate of drug-likeness (QED) is 0.766.